The van der Waals surface area contributed by atoms with Gasteiger partial charge in [0, 0.05) is 0 Å². The first-order valence-corrected chi connectivity index (χ1v) is 5.65. The maximum absolute atomic E-state index is 5.38. The van der Waals surface area contributed by atoms with Crippen LogP contribution in [0, 0.1) is 13.8 Å². The van der Waals surface area contributed by atoms with Crippen molar-refractivity contribution in [3.05, 3.63) is 28.8 Å². The molecule has 0 bridgehead atoms. The van der Waals surface area contributed by atoms with Crippen molar-refractivity contribution >= 4 is 0 Å². The summed E-state index contributed by atoms with van der Waals surface area (Å²) < 4.78 is 5.38. The van der Waals surface area contributed by atoms with Crippen LogP contribution in [0.15, 0.2) is 12.1 Å². The van der Waals surface area contributed by atoms with Crippen molar-refractivity contribution in [2.24, 2.45) is 5.90 Å². The van der Waals surface area contributed by atoms with Crippen LogP contribution in [0.1, 0.15) is 29.5 Å². The van der Waals surface area contributed by atoms with E-state index in [4.69, 9.17) is 10.6 Å². The van der Waals surface area contributed by atoms with E-state index >= 15 is 0 Å². The topological polar surface area (TPSA) is 44.5 Å². The van der Waals surface area contributed by atoms with Gasteiger partial charge in [0.1, 0.15) is 5.75 Å². The fourth-order valence-electron chi connectivity index (χ4n) is 1.74. The number of aryl methyl sites for hydroxylation is 3. The zero-order valence-corrected chi connectivity index (χ0v) is 10.4. The van der Waals surface area contributed by atoms with Crippen molar-refractivity contribution in [1.82, 2.24) is 0 Å². The van der Waals surface area contributed by atoms with Crippen LogP contribution >= 0.6 is 0 Å². The van der Waals surface area contributed by atoms with Gasteiger partial charge < -0.3 is 9.57 Å². The number of nitrogens with two attached hydrogens (primary N) is 1. The Labute approximate surface area is 97.5 Å². The summed E-state index contributed by atoms with van der Waals surface area (Å²) in [5.41, 5.74) is 3.85. The van der Waals surface area contributed by atoms with Crippen LogP contribution in [-0.2, 0) is 11.3 Å². The van der Waals surface area contributed by atoms with Gasteiger partial charge in [0.25, 0.3) is 0 Å². The third kappa shape index (κ3) is 3.51. The molecule has 0 saturated carbocycles. The lowest BCUT2D eigenvalue weighted by Gasteiger charge is -2.11. The summed E-state index contributed by atoms with van der Waals surface area (Å²) >= 11 is 0. The molecule has 3 nitrogen and oxygen atoms in total. The lowest BCUT2D eigenvalue weighted by molar-refractivity contribution is 0.134. The summed E-state index contributed by atoms with van der Waals surface area (Å²) in [4.78, 5) is 4.55. The predicted molar refractivity (Wildman–Crippen MR) is 65.5 cm³/mol. The van der Waals surface area contributed by atoms with Gasteiger partial charge >= 0.3 is 0 Å². The first kappa shape index (κ1) is 13.0. The normalized spacial score (nSPS) is 10.5. The van der Waals surface area contributed by atoms with Crippen LogP contribution in [0.4, 0.5) is 0 Å². The number of rotatable bonds is 6. The molecule has 0 atom stereocenters. The van der Waals surface area contributed by atoms with E-state index in [2.05, 4.69) is 30.8 Å². The van der Waals surface area contributed by atoms with Gasteiger partial charge in [-0.2, -0.15) is 0 Å². The Bertz CT molecular complexity index is 337. The number of unbranched alkanes of at least 4 members (excludes halogenated alkanes) is 1. The Morgan fingerprint density at radius 2 is 1.81 bits per heavy atom. The highest BCUT2D eigenvalue weighted by atomic mass is 16.6. The largest absolute Gasteiger partial charge is 0.496 e. The molecule has 0 aliphatic heterocycles. The average Bonchev–Trinajstić information content (AvgIpc) is 2.28. The highest BCUT2D eigenvalue weighted by Crippen LogP contribution is 2.24. The van der Waals surface area contributed by atoms with Gasteiger partial charge in [0.2, 0.25) is 0 Å². The smallest absolute Gasteiger partial charge is 0.122 e. The lowest BCUT2D eigenvalue weighted by atomic mass is 10.0. The summed E-state index contributed by atoms with van der Waals surface area (Å²) in [6, 6.07) is 4.31. The van der Waals surface area contributed by atoms with Crippen molar-refractivity contribution in [3.63, 3.8) is 0 Å². The van der Waals surface area contributed by atoms with Crippen LogP contribution in [0.25, 0.3) is 0 Å². The summed E-state index contributed by atoms with van der Waals surface area (Å²) in [7, 11) is 1.72. The van der Waals surface area contributed by atoms with E-state index in [-0.39, 0.29) is 0 Å². The van der Waals surface area contributed by atoms with Crippen molar-refractivity contribution < 1.29 is 9.57 Å². The summed E-state index contributed by atoms with van der Waals surface area (Å²) in [5, 5.41) is 0. The van der Waals surface area contributed by atoms with Crippen molar-refractivity contribution in [3.8, 4) is 5.75 Å². The first-order chi connectivity index (χ1) is 7.69. The summed E-state index contributed by atoms with van der Waals surface area (Å²) in [6.45, 7) is 4.85. The zero-order valence-electron chi connectivity index (χ0n) is 10.4. The molecule has 0 unspecified atom stereocenters. The summed E-state index contributed by atoms with van der Waals surface area (Å²) in [6.07, 6.45) is 3.05. The Morgan fingerprint density at radius 3 is 2.44 bits per heavy atom. The molecule has 1 aromatic rings. The van der Waals surface area contributed by atoms with E-state index in [1.54, 1.807) is 7.11 Å². The molecule has 1 rings (SSSR count). The molecule has 0 amide bonds. The summed E-state index contributed by atoms with van der Waals surface area (Å²) in [5.74, 6) is 5.97. The molecule has 16 heavy (non-hydrogen) atoms. The number of benzene rings is 1. The Kier molecular flexibility index (Phi) is 5.29. The molecule has 0 radical (unpaired) electrons. The molecule has 0 saturated heterocycles. The van der Waals surface area contributed by atoms with Crippen LogP contribution in [0.3, 0.4) is 0 Å². The van der Waals surface area contributed by atoms with Gasteiger partial charge in [-0.05, 0) is 55.9 Å². The third-order valence-electron chi connectivity index (χ3n) is 2.86. The molecule has 0 heterocycles. The Morgan fingerprint density at radius 1 is 1.12 bits per heavy atom. The van der Waals surface area contributed by atoms with Crippen molar-refractivity contribution in [1.29, 1.82) is 0 Å². The molecule has 3 heteroatoms. The van der Waals surface area contributed by atoms with Crippen LogP contribution in [-0.4, -0.2) is 13.7 Å². The number of ether oxygens (including phenoxy) is 1. The Balaban J connectivity index is 2.66. The quantitative estimate of drug-likeness (QED) is 0.595. The zero-order chi connectivity index (χ0) is 12.0. The minimum absolute atomic E-state index is 0.618. The van der Waals surface area contributed by atoms with E-state index in [0.29, 0.717) is 6.61 Å². The second-order valence-corrected chi connectivity index (χ2v) is 4.08. The highest BCUT2D eigenvalue weighted by Gasteiger charge is 2.05. The minimum atomic E-state index is 0.618. The molecule has 0 spiro atoms. The van der Waals surface area contributed by atoms with Gasteiger partial charge in [-0.1, -0.05) is 6.07 Å². The van der Waals surface area contributed by atoms with Crippen LogP contribution in [0.5, 0.6) is 5.75 Å². The maximum atomic E-state index is 5.38. The Hall–Kier alpha value is -1.06. The van der Waals surface area contributed by atoms with Crippen LogP contribution in [0.2, 0.25) is 0 Å². The number of hydrogen-bond donors (Lipinski definition) is 1. The molecule has 1 aromatic carbocycles. The standard InChI is InChI=1S/C13H21NO2/c1-10-8-12(6-4-5-7-16-14)13(15-3)9-11(10)2/h8-9H,4-7,14H2,1-3H3. The minimum Gasteiger partial charge on any atom is -0.496 e. The highest BCUT2D eigenvalue weighted by molar-refractivity contribution is 5.41. The molecule has 0 fully saturated rings. The van der Waals surface area contributed by atoms with Crippen molar-refractivity contribution in [2.45, 2.75) is 33.1 Å². The number of hydrogen-bond acceptors (Lipinski definition) is 3. The fraction of sp³-hybridized carbons (Fsp3) is 0.538. The molecule has 90 valence electrons. The average molecular weight is 223 g/mol. The number of methoxy groups -OCH3 is 1. The molecular weight excluding hydrogens is 202 g/mol. The van der Waals surface area contributed by atoms with Gasteiger partial charge in [-0.15, -0.1) is 0 Å². The lowest BCUT2D eigenvalue weighted by Crippen LogP contribution is -2.01. The van der Waals surface area contributed by atoms with Crippen molar-refractivity contribution in [2.75, 3.05) is 13.7 Å². The molecule has 0 aliphatic rings. The first-order valence-electron chi connectivity index (χ1n) is 5.65. The maximum Gasteiger partial charge on any atom is 0.122 e. The molecule has 0 aromatic heterocycles. The van der Waals surface area contributed by atoms with E-state index in [1.807, 2.05) is 0 Å². The molecule has 2 N–H and O–H groups in total. The third-order valence-corrected chi connectivity index (χ3v) is 2.86. The van der Waals surface area contributed by atoms with Gasteiger partial charge in [0.05, 0.1) is 13.7 Å². The van der Waals surface area contributed by atoms with E-state index in [9.17, 15) is 0 Å². The van der Waals surface area contributed by atoms with E-state index < -0.39 is 0 Å². The van der Waals surface area contributed by atoms with E-state index in [1.165, 1.54) is 16.7 Å². The van der Waals surface area contributed by atoms with Crippen LogP contribution < -0.4 is 10.6 Å². The van der Waals surface area contributed by atoms with Gasteiger partial charge in [-0.3, -0.25) is 0 Å². The van der Waals surface area contributed by atoms with E-state index in [0.717, 1.165) is 25.0 Å². The predicted octanol–water partition coefficient (Wildman–Crippen LogP) is 2.53. The SMILES string of the molecule is COc1cc(C)c(C)cc1CCCCON. The van der Waals surface area contributed by atoms with Gasteiger partial charge in [0.15, 0.2) is 0 Å². The second kappa shape index (κ2) is 6.51. The monoisotopic (exact) mass is 223 g/mol. The fourth-order valence-corrected chi connectivity index (χ4v) is 1.74. The van der Waals surface area contributed by atoms with Gasteiger partial charge in [-0.25, -0.2) is 5.90 Å². The molecule has 0 aliphatic carbocycles. The molecular formula is C13H21NO2. The second-order valence-electron chi connectivity index (χ2n) is 4.08.